The highest BCUT2D eigenvalue weighted by molar-refractivity contribution is 6.02. The van der Waals surface area contributed by atoms with Crippen molar-refractivity contribution in [1.29, 1.82) is 0 Å². The Morgan fingerprint density at radius 3 is 2.86 bits per heavy atom. The number of nitrogens with one attached hydrogen (secondary N) is 1. The SMILES string of the molecule is CCc1ccc(C)c(-n2nc3c4c([nH]c(=O)c3c2N)COc2c(N)cccc2-4)c1. The first-order valence-corrected chi connectivity index (χ1v) is 9.54. The highest BCUT2D eigenvalue weighted by Gasteiger charge is 2.27. The molecular formula is C22H21N5O2. The molecule has 5 N–H and O–H groups in total. The third-order valence-electron chi connectivity index (χ3n) is 5.54. The molecule has 2 aromatic carbocycles. The lowest BCUT2D eigenvalue weighted by Gasteiger charge is -2.21. The van der Waals surface area contributed by atoms with E-state index in [0.29, 0.717) is 33.9 Å². The zero-order valence-electron chi connectivity index (χ0n) is 16.2. The third kappa shape index (κ3) is 2.44. The van der Waals surface area contributed by atoms with Gasteiger partial charge < -0.3 is 21.2 Å². The zero-order chi connectivity index (χ0) is 20.3. The number of aromatic amines is 1. The standard InChI is InChI=1S/C22H21N5O2/c1-3-12-8-7-11(2)16(9-12)27-21(24)18-19(26-27)17-13-5-4-6-14(23)20(13)29-10-15(17)25-22(18)28/h4-9H,3,10,23-24H2,1-2H3,(H,25,28). The molecule has 0 spiro atoms. The third-order valence-corrected chi connectivity index (χ3v) is 5.54. The lowest BCUT2D eigenvalue weighted by molar-refractivity contribution is 0.299. The summed E-state index contributed by atoms with van der Waals surface area (Å²) in [5.41, 5.74) is 18.7. The molecule has 0 saturated heterocycles. The Hall–Kier alpha value is -3.74. The predicted octanol–water partition coefficient (Wildman–Crippen LogP) is 3.31. The molecule has 1 aliphatic rings. The second-order valence-electron chi connectivity index (χ2n) is 7.32. The van der Waals surface area contributed by atoms with Crippen molar-refractivity contribution in [2.75, 3.05) is 11.5 Å². The molecule has 3 heterocycles. The largest absolute Gasteiger partial charge is 0.485 e. The number of fused-ring (bicyclic) bond motifs is 5. The number of anilines is 2. The Balaban J connectivity index is 1.87. The van der Waals surface area contributed by atoms with E-state index < -0.39 is 0 Å². The van der Waals surface area contributed by atoms with Gasteiger partial charge in [-0.3, -0.25) is 4.79 Å². The molecule has 7 nitrogen and oxygen atoms in total. The van der Waals surface area contributed by atoms with Crippen LogP contribution in [0.4, 0.5) is 11.5 Å². The highest BCUT2D eigenvalue weighted by Crippen LogP contribution is 2.43. The molecule has 0 amide bonds. The quantitative estimate of drug-likeness (QED) is 0.457. The Morgan fingerprint density at radius 1 is 1.24 bits per heavy atom. The average Bonchev–Trinajstić information content (AvgIpc) is 3.06. The minimum Gasteiger partial charge on any atom is -0.485 e. The zero-order valence-corrected chi connectivity index (χ0v) is 16.2. The van der Waals surface area contributed by atoms with Gasteiger partial charge in [0.15, 0.2) is 5.75 Å². The van der Waals surface area contributed by atoms with Gasteiger partial charge in [-0.15, -0.1) is 0 Å². The summed E-state index contributed by atoms with van der Waals surface area (Å²) in [6.07, 6.45) is 0.897. The van der Waals surface area contributed by atoms with Gasteiger partial charge in [0.1, 0.15) is 23.3 Å². The van der Waals surface area contributed by atoms with Crippen molar-refractivity contribution in [3.8, 4) is 22.6 Å². The van der Waals surface area contributed by atoms with Gasteiger partial charge in [-0.25, -0.2) is 4.68 Å². The maximum atomic E-state index is 12.8. The average molecular weight is 387 g/mol. The number of nitrogens with zero attached hydrogens (tertiary/aromatic N) is 2. The summed E-state index contributed by atoms with van der Waals surface area (Å²) < 4.78 is 7.46. The first kappa shape index (κ1) is 17.4. The number of benzene rings is 2. The minimum atomic E-state index is -0.275. The van der Waals surface area contributed by atoms with Crippen LogP contribution in [0.3, 0.4) is 0 Å². The van der Waals surface area contributed by atoms with E-state index in [4.69, 9.17) is 21.3 Å². The second kappa shape index (κ2) is 6.13. The van der Waals surface area contributed by atoms with E-state index in [9.17, 15) is 4.79 Å². The number of nitrogens with two attached hydrogens (primary N) is 2. The topological polar surface area (TPSA) is 112 Å². The molecule has 7 heteroatoms. The van der Waals surface area contributed by atoms with Gasteiger partial charge in [-0.2, -0.15) is 5.10 Å². The van der Waals surface area contributed by atoms with Crippen LogP contribution >= 0.6 is 0 Å². The van der Waals surface area contributed by atoms with Crippen LogP contribution in [0.1, 0.15) is 23.7 Å². The van der Waals surface area contributed by atoms with Gasteiger partial charge in [0.05, 0.1) is 17.1 Å². The Bertz CT molecular complexity index is 1350. The van der Waals surface area contributed by atoms with Crippen LogP contribution in [0, 0.1) is 6.92 Å². The number of aryl methyl sites for hydroxylation is 2. The van der Waals surface area contributed by atoms with Crippen LogP contribution in [-0.4, -0.2) is 14.8 Å². The molecular weight excluding hydrogens is 366 g/mol. The number of H-pyrrole nitrogens is 1. The molecule has 0 bridgehead atoms. The second-order valence-corrected chi connectivity index (χ2v) is 7.32. The molecule has 146 valence electrons. The van der Waals surface area contributed by atoms with Crippen molar-refractivity contribution in [1.82, 2.24) is 14.8 Å². The van der Waals surface area contributed by atoms with E-state index in [0.717, 1.165) is 28.8 Å². The van der Waals surface area contributed by atoms with Crippen LogP contribution < -0.4 is 21.8 Å². The summed E-state index contributed by atoms with van der Waals surface area (Å²) in [6.45, 7) is 4.32. The fourth-order valence-corrected chi connectivity index (χ4v) is 3.98. The van der Waals surface area contributed by atoms with Crippen LogP contribution in [0.25, 0.3) is 27.7 Å². The number of nitrogen functional groups attached to an aromatic ring is 2. The molecule has 0 radical (unpaired) electrons. The Kier molecular flexibility index (Phi) is 3.67. The van der Waals surface area contributed by atoms with Crippen molar-refractivity contribution < 1.29 is 4.74 Å². The Labute approximate surface area is 166 Å². The van der Waals surface area contributed by atoms with Gasteiger partial charge in [0, 0.05) is 11.1 Å². The van der Waals surface area contributed by atoms with Gasteiger partial charge >= 0.3 is 0 Å². The van der Waals surface area contributed by atoms with Crippen molar-refractivity contribution in [2.24, 2.45) is 0 Å². The van der Waals surface area contributed by atoms with Crippen LogP contribution in [0.5, 0.6) is 5.75 Å². The number of rotatable bonds is 2. The lowest BCUT2D eigenvalue weighted by Crippen LogP contribution is -2.17. The summed E-state index contributed by atoms with van der Waals surface area (Å²) in [6, 6.07) is 11.8. The molecule has 0 fully saturated rings. The van der Waals surface area contributed by atoms with E-state index in [1.54, 1.807) is 10.7 Å². The van der Waals surface area contributed by atoms with Crippen LogP contribution in [0.2, 0.25) is 0 Å². The fraction of sp³-hybridized carbons (Fsp3) is 0.182. The highest BCUT2D eigenvalue weighted by atomic mass is 16.5. The predicted molar refractivity (Wildman–Crippen MR) is 114 cm³/mol. The number of pyridine rings is 1. The summed E-state index contributed by atoms with van der Waals surface area (Å²) in [5.74, 6) is 0.919. The summed E-state index contributed by atoms with van der Waals surface area (Å²) in [4.78, 5) is 15.8. The van der Waals surface area contributed by atoms with E-state index in [1.807, 2.05) is 25.1 Å². The summed E-state index contributed by atoms with van der Waals surface area (Å²) >= 11 is 0. The molecule has 5 rings (SSSR count). The molecule has 0 unspecified atom stereocenters. The molecule has 1 aliphatic heterocycles. The van der Waals surface area contributed by atoms with Gasteiger partial charge in [0.2, 0.25) is 0 Å². The molecule has 0 aliphatic carbocycles. The molecule has 0 saturated carbocycles. The summed E-state index contributed by atoms with van der Waals surface area (Å²) in [7, 11) is 0. The van der Waals surface area contributed by atoms with Crippen molar-refractivity contribution in [2.45, 2.75) is 26.9 Å². The number of hydrogen-bond donors (Lipinski definition) is 3. The van der Waals surface area contributed by atoms with E-state index in [-0.39, 0.29) is 12.2 Å². The van der Waals surface area contributed by atoms with E-state index >= 15 is 0 Å². The number of aromatic nitrogens is 3. The van der Waals surface area contributed by atoms with Crippen LogP contribution in [0.15, 0.2) is 41.2 Å². The van der Waals surface area contributed by atoms with Gasteiger partial charge in [0.25, 0.3) is 5.56 Å². The van der Waals surface area contributed by atoms with Gasteiger partial charge in [-0.1, -0.05) is 31.2 Å². The molecule has 4 aromatic rings. The smallest absolute Gasteiger partial charge is 0.261 e. The maximum Gasteiger partial charge on any atom is 0.261 e. The minimum absolute atomic E-state index is 0.221. The van der Waals surface area contributed by atoms with Crippen molar-refractivity contribution in [3.63, 3.8) is 0 Å². The number of hydrogen-bond acceptors (Lipinski definition) is 5. The van der Waals surface area contributed by atoms with Crippen LogP contribution in [-0.2, 0) is 13.0 Å². The van der Waals surface area contributed by atoms with E-state index in [1.165, 1.54) is 5.56 Å². The molecule has 2 aromatic heterocycles. The first-order valence-electron chi connectivity index (χ1n) is 9.54. The first-order chi connectivity index (χ1) is 14.0. The Morgan fingerprint density at radius 2 is 2.07 bits per heavy atom. The number of ether oxygens (including phenoxy) is 1. The van der Waals surface area contributed by atoms with Crippen molar-refractivity contribution >= 4 is 22.4 Å². The number of para-hydroxylation sites is 1. The lowest BCUT2D eigenvalue weighted by atomic mass is 9.98. The summed E-state index contributed by atoms with van der Waals surface area (Å²) in [5, 5.41) is 5.17. The fourth-order valence-electron chi connectivity index (χ4n) is 3.98. The molecule has 0 atom stereocenters. The maximum absolute atomic E-state index is 12.8. The molecule has 29 heavy (non-hydrogen) atoms. The van der Waals surface area contributed by atoms with Crippen molar-refractivity contribution in [3.05, 3.63) is 63.6 Å². The normalized spacial score (nSPS) is 12.5. The van der Waals surface area contributed by atoms with E-state index in [2.05, 4.69) is 24.0 Å². The van der Waals surface area contributed by atoms with Gasteiger partial charge in [-0.05, 0) is 36.6 Å². The monoisotopic (exact) mass is 387 g/mol.